The maximum Gasteiger partial charge on any atom is 0.439 e. The molecule has 1 N–H and O–H groups in total. The zero-order valence-electron chi connectivity index (χ0n) is 22.0. The Morgan fingerprint density at radius 1 is 1.00 bits per heavy atom. The van der Waals surface area contributed by atoms with Gasteiger partial charge in [-0.2, -0.15) is 0 Å². The Labute approximate surface area is 222 Å². The van der Waals surface area contributed by atoms with Crippen LogP contribution in [0.3, 0.4) is 0 Å². The number of nitrogens with zero attached hydrogens (tertiary/aromatic N) is 3. The number of anilines is 1. The number of aromatic amines is 1. The third-order valence-corrected chi connectivity index (χ3v) is 6.83. The van der Waals surface area contributed by atoms with Crippen LogP contribution in [0.25, 0.3) is 22.5 Å². The highest BCUT2D eigenvalue weighted by atomic mass is 16.5. The zero-order valence-corrected chi connectivity index (χ0v) is 22.0. The molecule has 4 aromatic rings. The molecule has 0 bridgehead atoms. The summed E-state index contributed by atoms with van der Waals surface area (Å²) in [6.45, 7) is 4.35. The van der Waals surface area contributed by atoms with Crippen molar-refractivity contribution in [1.29, 1.82) is 0 Å². The van der Waals surface area contributed by atoms with E-state index in [9.17, 15) is 4.79 Å². The van der Waals surface area contributed by atoms with E-state index >= 15 is 0 Å². The van der Waals surface area contributed by atoms with E-state index in [1.54, 1.807) is 7.11 Å². The minimum Gasteiger partial charge on any atom is -0.497 e. The average molecular weight is 509 g/mol. The quantitative estimate of drug-likeness (QED) is 0.274. The van der Waals surface area contributed by atoms with E-state index in [1.807, 2.05) is 36.4 Å². The molecule has 0 saturated carbocycles. The predicted molar refractivity (Wildman–Crippen MR) is 152 cm³/mol. The van der Waals surface area contributed by atoms with Gasteiger partial charge in [0.25, 0.3) is 0 Å². The van der Waals surface area contributed by atoms with E-state index in [-0.39, 0.29) is 6.17 Å². The SMILES string of the molecule is CCCCC1=NC(C)N(c2ccc(OC)cc2)C=C1Cc1ccc(-c2ccccc2-c2noc(=O)[nH]2)cc1. The highest BCUT2D eigenvalue weighted by Gasteiger charge is 2.22. The van der Waals surface area contributed by atoms with Crippen molar-refractivity contribution in [2.75, 3.05) is 12.0 Å². The molecule has 7 heteroatoms. The Balaban J connectivity index is 1.42. The smallest absolute Gasteiger partial charge is 0.439 e. The van der Waals surface area contributed by atoms with Crippen LogP contribution in [-0.4, -0.2) is 29.1 Å². The molecule has 0 spiro atoms. The molecule has 1 unspecified atom stereocenters. The van der Waals surface area contributed by atoms with Gasteiger partial charge in [-0.1, -0.05) is 67.0 Å². The highest BCUT2D eigenvalue weighted by molar-refractivity contribution is 6.02. The first-order valence-electron chi connectivity index (χ1n) is 13.0. The Kier molecular flexibility index (Phi) is 7.54. The van der Waals surface area contributed by atoms with Crippen LogP contribution in [0, 0.1) is 0 Å². The van der Waals surface area contributed by atoms with Gasteiger partial charge in [-0.25, -0.2) is 4.79 Å². The molecule has 3 aromatic carbocycles. The van der Waals surface area contributed by atoms with Gasteiger partial charge in [0.05, 0.1) is 7.11 Å². The molecule has 1 aliphatic rings. The number of ether oxygens (including phenoxy) is 1. The lowest BCUT2D eigenvalue weighted by Crippen LogP contribution is -2.33. The zero-order chi connectivity index (χ0) is 26.5. The monoisotopic (exact) mass is 508 g/mol. The molecular formula is C31H32N4O3. The summed E-state index contributed by atoms with van der Waals surface area (Å²) in [5.74, 6) is 0.697. The second kappa shape index (κ2) is 11.3. The van der Waals surface area contributed by atoms with Gasteiger partial charge in [0.1, 0.15) is 11.9 Å². The maximum absolute atomic E-state index is 11.5. The lowest BCUT2D eigenvalue weighted by Gasteiger charge is -2.32. The Morgan fingerprint density at radius 3 is 2.39 bits per heavy atom. The summed E-state index contributed by atoms with van der Waals surface area (Å²) >= 11 is 0. The standard InChI is InChI=1S/C31H32N4O3/c1-4-5-10-29-24(20-35(21(2)32-29)25-15-17-26(37-3)18-16-25)19-22-11-13-23(14-12-22)27-8-6-7-9-28(27)30-33-31(36)38-34-30/h6-9,11-18,20-21H,4-5,10,19H2,1-3H3,(H,33,34,36). The molecule has 0 fully saturated rings. The molecule has 2 heterocycles. The van der Waals surface area contributed by atoms with Gasteiger partial charge in [0, 0.05) is 29.6 Å². The number of hydrogen-bond acceptors (Lipinski definition) is 6. The normalized spacial score (nSPS) is 15.2. The van der Waals surface area contributed by atoms with E-state index in [0.717, 1.165) is 53.8 Å². The fourth-order valence-electron chi connectivity index (χ4n) is 4.79. The Bertz CT molecular complexity index is 1500. The van der Waals surface area contributed by atoms with Crippen LogP contribution in [0.5, 0.6) is 5.75 Å². The minimum absolute atomic E-state index is 0.0286. The van der Waals surface area contributed by atoms with Gasteiger partial charge in [0.15, 0.2) is 5.82 Å². The summed E-state index contributed by atoms with van der Waals surface area (Å²) in [5.41, 5.74) is 7.56. The first-order chi connectivity index (χ1) is 18.6. The van der Waals surface area contributed by atoms with Crippen molar-refractivity contribution in [3.05, 3.63) is 101 Å². The van der Waals surface area contributed by atoms with Gasteiger partial charge < -0.3 is 9.64 Å². The van der Waals surface area contributed by atoms with E-state index in [4.69, 9.17) is 14.3 Å². The second-order valence-corrected chi connectivity index (χ2v) is 9.43. The van der Waals surface area contributed by atoms with E-state index < -0.39 is 5.76 Å². The summed E-state index contributed by atoms with van der Waals surface area (Å²) in [6, 6.07) is 24.5. The molecule has 5 rings (SSSR count). The molecule has 0 radical (unpaired) electrons. The maximum atomic E-state index is 11.5. The molecular weight excluding hydrogens is 476 g/mol. The number of hydrogen-bond donors (Lipinski definition) is 1. The number of H-pyrrole nitrogens is 1. The number of methoxy groups -OCH3 is 1. The predicted octanol–water partition coefficient (Wildman–Crippen LogP) is 6.63. The van der Waals surface area contributed by atoms with Crippen molar-refractivity contribution < 1.29 is 9.26 Å². The molecule has 0 amide bonds. The van der Waals surface area contributed by atoms with Crippen molar-refractivity contribution in [2.24, 2.45) is 4.99 Å². The van der Waals surface area contributed by atoms with Gasteiger partial charge in [-0.3, -0.25) is 14.5 Å². The summed E-state index contributed by atoms with van der Waals surface area (Å²) < 4.78 is 10.1. The van der Waals surface area contributed by atoms with Crippen molar-refractivity contribution in [1.82, 2.24) is 10.1 Å². The lowest BCUT2D eigenvalue weighted by molar-refractivity contribution is 0.388. The number of benzene rings is 3. The van der Waals surface area contributed by atoms with Crippen LogP contribution in [0.1, 0.15) is 38.7 Å². The largest absolute Gasteiger partial charge is 0.497 e. The van der Waals surface area contributed by atoms with Gasteiger partial charge in [-0.05, 0) is 66.3 Å². The Hall–Kier alpha value is -4.39. The van der Waals surface area contributed by atoms with E-state index in [2.05, 4.69) is 71.5 Å². The van der Waals surface area contributed by atoms with Crippen LogP contribution in [-0.2, 0) is 6.42 Å². The van der Waals surface area contributed by atoms with E-state index in [1.165, 1.54) is 16.8 Å². The number of rotatable bonds is 9. The van der Waals surface area contributed by atoms with Crippen molar-refractivity contribution in [2.45, 2.75) is 45.7 Å². The molecule has 38 heavy (non-hydrogen) atoms. The summed E-state index contributed by atoms with van der Waals surface area (Å²) in [7, 11) is 1.68. The van der Waals surface area contributed by atoms with Gasteiger partial charge in [-0.15, -0.1) is 0 Å². The van der Waals surface area contributed by atoms with Crippen LogP contribution in [0.15, 0.2) is 98.9 Å². The van der Waals surface area contributed by atoms with Crippen LogP contribution >= 0.6 is 0 Å². The molecule has 1 aliphatic heterocycles. The molecule has 1 atom stereocenters. The summed E-state index contributed by atoms with van der Waals surface area (Å²) in [4.78, 5) is 21.5. The Morgan fingerprint density at radius 2 is 1.74 bits per heavy atom. The van der Waals surface area contributed by atoms with Crippen LogP contribution in [0.4, 0.5) is 5.69 Å². The number of nitrogens with one attached hydrogen (secondary N) is 1. The molecule has 0 saturated heterocycles. The van der Waals surface area contributed by atoms with Crippen molar-refractivity contribution in [3.63, 3.8) is 0 Å². The first kappa shape index (κ1) is 25.3. The number of aromatic nitrogens is 2. The molecule has 7 nitrogen and oxygen atoms in total. The van der Waals surface area contributed by atoms with Gasteiger partial charge in [0.2, 0.25) is 0 Å². The molecule has 1 aromatic heterocycles. The fraction of sp³-hybridized carbons (Fsp3) is 0.258. The topological polar surface area (TPSA) is 83.7 Å². The minimum atomic E-state index is -0.565. The first-order valence-corrected chi connectivity index (χ1v) is 13.0. The van der Waals surface area contributed by atoms with Crippen molar-refractivity contribution >= 4 is 11.4 Å². The number of allylic oxidation sites excluding steroid dienone is 1. The highest BCUT2D eigenvalue weighted by Crippen LogP contribution is 2.31. The molecule has 0 aliphatic carbocycles. The fourth-order valence-corrected chi connectivity index (χ4v) is 4.79. The van der Waals surface area contributed by atoms with Crippen LogP contribution in [0.2, 0.25) is 0 Å². The number of aliphatic imine (C=N–C) groups is 1. The van der Waals surface area contributed by atoms with Crippen molar-refractivity contribution in [3.8, 4) is 28.3 Å². The average Bonchev–Trinajstić information content (AvgIpc) is 3.39. The van der Waals surface area contributed by atoms with Crippen LogP contribution < -0.4 is 15.4 Å². The third kappa shape index (κ3) is 5.47. The molecule has 194 valence electrons. The third-order valence-electron chi connectivity index (χ3n) is 6.83. The number of unbranched alkanes of at least 4 members (excludes halogenated alkanes) is 1. The van der Waals surface area contributed by atoms with Gasteiger partial charge >= 0.3 is 5.76 Å². The lowest BCUT2D eigenvalue weighted by atomic mass is 9.94. The second-order valence-electron chi connectivity index (χ2n) is 9.43. The van der Waals surface area contributed by atoms with E-state index in [0.29, 0.717) is 5.82 Å². The summed E-state index contributed by atoms with van der Waals surface area (Å²) in [6.07, 6.45) is 6.30. The summed E-state index contributed by atoms with van der Waals surface area (Å²) in [5, 5.41) is 3.87.